The molecule has 0 spiro atoms. The van der Waals surface area contributed by atoms with Crippen LogP contribution in [0.4, 0.5) is 5.69 Å². The zero-order valence-corrected chi connectivity index (χ0v) is 16.5. The number of aryl methyl sites for hydroxylation is 3. The smallest absolute Gasteiger partial charge is 0.0688 e. The summed E-state index contributed by atoms with van der Waals surface area (Å²) >= 11 is 0. The fourth-order valence-electron chi connectivity index (χ4n) is 4.29. The first kappa shape index (κ1) is 17.5. The molecule has 0 N–H and O–H groups in total. The van der Waals surface area contributed by atoms with E-state index in [1.807, 2.05) is 6.21 Å². The lowest BCUT2D eigenvalue weighted by Crippen LogP contribution is -2.03. The highest BCUT2D eigenvalue weighted by molar-refractivity contribution is 5.86. The first-order chi connectivity index (χ1) is 13.0. The topological polar surface area (TPSA) is 12.4 Å². The molecule has 0 radical (unpaired) electrons. The van der Waals surface area contributed by atoms with Gasteiger partial charge in [-0.05, 0) is 61.1 Å². The number of allylic oxidation sites excluding steroid dienone is 1. The molecule has 27 heavy (non-hydrogen) atoms. The van der Waals surface area contributed by atoms with Gasteiger partial charge < -0.3 is 0 Å². The Morgan fingerprint density at radius 3 is 2.15 bits per heavy atom. The van der Waals surface area contributed by atoms with Crippen LogP contribution in [0.25, 0.3) is 6.08 Å². The molecule has 1 aliphatic carbocycles. The van der Waals surface area contributed by atoms with Gasteiger partial charge in [-0.1, -0.05) is 77.9 Å². The van der Waals surface area contributed by atoms with E-state index < -0.39 is 0 Å². The van der Waals surface area contributed by atoms with Crippen LogP contribution in [0.15, 0.2) is 71.2 Å². The van der Waals surface area contributed by atoms with Crippen LogP contribution in [-0.2, 0) is 0 Å². The predicted molar refractivity (Wildman–Crippen MR) is 116 cm³/mol. The maximum atomic E-state index is 4.89. The Hall–Kier alpha value is -2.93. The molecule has 0 saturated heterocycles. The lowest BCUT2D eigenvalue weighted by Gasteiger charge is -2.17. The van der Waals surface area contributed by atoms with E-state index in [9.17, 15) is 0 Å². The summed E-state index contributed by atoms with van der Waals surface area (Å²) in [6, 6.07) is 21.7. The van der Waals surface area contributed by atoms with Crippen molar-refractivity contribution < 1.29 is 0 Å². The van der Waals surface area contributed by atoms with Crippen LogP contribution >= 0.6 is 0 Å². The van der Waals surface area contributed by atoms with Crippen molar-refractivity contribution in [1.82, 2.24) is 0 Å². The summed E-state index contributed by atoms with van der Waals surface area (Å²) in [5.41, 5.74) is 11.4. The first-order valence-corrected chi connectivity index (χ1v) is 9.52. The van der Waals surface area contributed by atoms with Crippen molar-refractivity contribution in [3.05, 3.63) is 105 Å². The maximum Gasteiger partial charge on any atom is 0.0688 e. The van der Waals surface area contributed by atoms with Crippen LogP contribution in [0.2, 0.25) is 0 Å². The minimum Gasteiger partial charge on any atom is -0.256 e. The number of rotatable bonds is 3. The number of nitrogens with zero attached hydrogens (tertiary/aromatic N) is 1. The molecule has 4 rings (SSSR count). The molecule has 0 aromatic heterocycles. The van der Waals surface area contributed by atoms with Gasteiger partial charge >= 0.3 is 0 Å². The van der Waals surface area contributed by atoms with Gasteiger partial charge in [0.2, 0.25) is 0 Å². The molecular formula is C26H25N. The monoisotopic (exact) mass is 351 g/mol. The third kappa shape index (κ3) is 3.26. The quantitative estimate of drug-likeness (QED) is 0.455. The van der Waals surface area contributed by atoms with E-state index >= 15 is 0 Å². The SMILES string of the molecule is CC1=Cc2ccccc2C1c1ccccc1/C=N/c1c(C)cc(C)cc1C. The van der Waals surface area contributed by atoms with E-state index in [1.165, 1.54) is 44.5 Å². The molecule has 0 heterocycles. The van der Waals surface area contributed by atoms with E-state index in [2.05, 4.69) is 94.4 Å². The molecule has 0 bridgehead atoms. The molecule has 3 aromatic carbocycles. The Bertz CT molecular complexity index is 1050. The Balaban J connectivity index is 1.77. The van der Waals surface area contributed by atoms with E-state index in [1.54, 1.807) is 0 Å². The average molecular weight is 351 g/mol. The highest BCUT2D eigenvalue weighted by Gasteiger charge is 2.25. The highest BCUT2D eigenvalue weighted by Crippen LogP contribution is 2.41. The zero-order chi connectivity index (χ0) is 19.0. The highest BCUT2D eigenvalue weighted by atomic mass is 14.7. The van der Waals surface area contributed by atoms with Gasteiger partial charge in [0, 0.05) is 12.1 Å². The van der Waals surface area contributed by atoms with Gasteiger partial charge in [-0.25, -0.2) is 0 Å². The fraction of sp³-hybridized carbons (Fsp3) is 0.192. The zero-order valence-electron chi connectivity index (χ0n) is 16.5. The molecule has 0 amide bonds. The molecule has 0 fully saturated rings. The van der Waals surface area contributed by atoms with Gasteiger partial charge in [-0.15, -0.1) is 0 Å². The van der Waals surface area contributed by atoms with E-state index in [-0.39, 0.29) is 0 Å². The van der Waals surface area contributed by atoms with E-state index in [0.717, 1.165) is 5.69 Å². The lowest BCUT2D eigenvalue weighted by atomic mass is 9.86. The van der Waals surface area contributed by atoms with Crippen LogP contribution in [0.5, 0.6) is 0 Å². The molecule has 134 valence electrons. The van der Waals surface area contributed by atoms with Crippen molar-refractivity contribution in [3.63, 3.8) is 0 Å². The molecule has 3 aromatic rings. The Morgan fingerprint density at radius 2 is 1.41 bits per heavy atom. The number of benzene rings is 3. The van der Waals surface area contributed by atoms with Crippen molar-refractivity contribution in [2.75, 3.05) is 0 Å². The number of aliphatic imine (C=N–C) groups is 1. The molecule has 1 heteroatoms. The van der Waals surface area contributed by atoms with Crippen LogP contribution < -0.4 is 0 Å². The van der Waals surface area contributed by atoms with E-state index in [0.29, 0.717) is 5.92 Å². The third-order valence-corrected chi connectivity index (χ3v) is 5.42. The predicted octanol–water partition coefficient (Wildman–Crippen LogP) is 6.91. The van der Waals surface area contributed by atoms with Crippen LogP contribution in [0.3, 0.4) is 0 Å². The molecule has 1 nitrogen and oxygen atoms in total. The minimum absolute atomic E-state index is 0.309. The fourth-order valence-corrected chi connectivity index (χ4v) is 4.29. The second-order valence-corrected chi connectivity index (χ2v) is 7.58. The van der Waals surface area contributed by atoms with Gasteiger partial charge in [0.15, 0.2) is 0 Å². The van der Waals surface area contributed by atoms with Gasteiger partial charge in [-0.3, -0.25) is 4.99 Å². The molecular weight excluding hydrogens is 326 g/mol. The summed E-state index contributed by atoms with van der Waals surface area (Å²) in [7, 11) is 0. The summed E-state index contributed by atoms with van der Waals surface area (Å²) in [5, 5.41) is 0. The third-order valence-electron chi connectivity index (χ3n) is 5.42. The number of hydrogen-bond acceptors (Lipinski definition) is 1. The number of hydrogen-bond donors (Lipinski definition) is 0. The summed E-state index contributed by atoms with van der Waals surface area (Å²) in [6.07, 6.45) is 4.34. The van der Waals surface area contributed by atoms with Crippen molar-refractivity contribution in [1.29, 1.82) is 0 Å². The maximum absolute atomic E-state index is 4.89. The summed E-state index contributed by atoms with van der Waals surface area (Å²) < 4.78 is 0. The first-order valence-electron chi connectivity index (χ1n) is 9.52. The Labute approximate surface area is 162 Å². The summed E-state index contributed by atoms with van der Waals surface area (Å²) in [5.74, 6) is 0.309. The largest absolute Gasteiger partial charge is 0.256 e. The number of fused-ring (bicyclic) bond motifs is 1. The minimum atomic E-state index is 0.309. The lowest BCUT2D eigenvalue weighted by molar-refractivity contribution is 0.974. The average Bonchev–Trinajstić information content (AvgIpc) is 2.97. The van der Waals surface area contributed by atoms with Gasteiger partial charge in [-0.2, -0.15) is 0 Å². The Morgan fingerprint density at radius 1 is 0.778 bits per heavy atom. The van der Waals surface area contributed by atoms with Crippen LogP contribution in [0, 0.1) is 20.8 Å². The Kier molecular flexibility index (Phi) is 4.53. The van der Waals surface area contributed by atoms with Crippen molar-refractivity contribution >= 4 is 18.0 Å². The molecule has 1 atom stereocenters. The standard InChI is InChI=1S/C26H25N/c1-17-13-19(3)26(20(4)14-17)27-16-22-10-6-8-12-24(22)25-18(2)15-21-9-5-7-11-23(21)25/h5-16,25H,1-4H3/b27-16+. The molecule has 1 aliphatic rings. The van der Waals surface area contributed by atoms with Crippen LogP contribution in [-0.4, -0.2) is 6.21 Å². The van der Waals surface area contributed by atoms with Crippen molar-refractivity contribution in [3.8, 4) is 0 Å². The summed E-state index contributed by atoms with van der Waals surface area (Å²) in [6.45, 7) is 8.64. The van der Waals surface area contributed by atoms with E-state index in [4.69, 9.17) is 4.99 Å². The van der Waals surface area contributed by atoms with Gasteiger partial charge in [0.25, 0.3) is 0 Å². The second kappa shape index (κ2) is 7.00. The summed E-state index contributed by atoms with van der Waals surface area (Å²) in [4.78, 5) is 4.89. The molecule has 0 saturated carbocycles. The van der Waals surface area contributed by atoms with Crippen molar-refractivity contribution in [2.45, 2.75) is 33.6 Å². The van der Waals surface area contributed by atoms with Gasteiger partial charge in [0.1, 0.15) is 0 Å². The van der Waals surface area contributed by atoms with Gasteiger partial charge in [0.05, 0.1) is 5.69 Å². The normalized spacial score (nSPS) is 15.9. The molecule has 1 unspecified atom stereocenters. The second-order valence-electron chi connectivity index (χ2n) is 7.58. The molecule has 0 aliphatic heterocycles. The van der Waals surface area contributed by atoms with Crippen LogP contribution in [0.1, 0.15) is 51.8 Å². The van der Waals surface area contributed by atoms with Crippen molar-refractivity contribution in [2.24, 2.45) is 4.99 Å².